The maximum atomic E-state index is 9.43. The number of aliphatic hydroxyl groups excluding tert-OH is 1. The first kappa shape index (κ1) is 14.0. The fourth-order valence-electron chi connectivity index (χ4n) is 2.17. The number of thiophene rings is 1. The van der Waals surface area contributed by atoms with Crippen molar-refractivity contribution >= 4 is 22.8 Å². The molecule has 0 radical (unpaired) electrons. The van der Waals surface area contributed by atoms with Gasteiger partial charge in [0.1, 0.15) is 5.82 Å². The normalized spacial score (nSPS) is 13.0. The molecule has 3 heterocycles. The Kier molecular flexibility index (Phi) is 3.90. The average molecular weight is 302 g/mol. The summed E-state index contributed by atoms with van der Waals surface area (Å²) in [5.74, 6) is 1.07. The SMILES string of the molecule is CC(C)[C@@H](CO)Nc1ccc2ncc(-c3ccsc3)n2n1. The lowest BCUT2D eigenvalue weighted by atomic mass is 10.1. The van der Waals surface area contributed by atoms with Crippen LogP contribution in [0.3, 0.4) is 0 Å². The Hall–Kier alpha value is -1.92. The highest BCUT2D eigenvalue weighted by atomic mass is 32.1. The fraction of sp³-hybridized carbons (Fsp3) is 0.333. The Morgan fingerprint density at radius 2 is 2.19 bits per heavy atom. The molecule has 0 unspecified atom stereocenters. The van der Waals surface area contributed by atoms with E-state index in [1.54, 1.807) is 11.3 Å². The highest BCUT2D eigenvalue weighted by Gasteiger charge is 2.14. The number of nitrogens with one attached hydrogen (secondary N) is 1. The van der Waals surface area contributed by atoms with E-state index in [0.29, 0.717) is 5.92 Å². The summed E-state index contributed by atoms with van der Waals surface area (Å²) in [5.41, 5.74) is 2.89. The Balaban J connectivity index is 1.97. The van der Waals surface area contributed by atoms with Crippen LogP contribution < -0.4 is 5.32 Å². The molecule has 0 amide bonds. The molecule has 0 aliphatic heterocycles. The number of rotatable bonds is 5. The summed E-state index contributed by atoms with van der Waals surface area (Å²) in [7, 11) is 0. The Labute approximate surface area is 127 Å². The third-order valence-electron chi connectivity index (χ3n) is 3.51. The van der Waals surface area contributed by atoms with Crippen molar-refractivity contribution in [3.8, 4) is 11.3 Å². The molecule has 0 aliphatic carbocycles. The zero-order valence-electron chi connectivity index (χ0n) is 12.0. The van der Waals surface area contributed by atoms with Gasteiger partial charge in [0.25, 0.3) is 0 Å². The van der Waals surface area contributed by atoms with Gasteiger partial charge in [-0.3, -0.25) is 0 Å². The van der Waals surface area contributed by atoms with Gasteiger partial charge in [-0.1, -0.05) is 13.8 Å². The van der Waals surface area contributed by atoms with Crippen molar-refractivity contribution in [3.63, 3.8) is 0 Å². The van der Waals surface area contributed by atoms with E-state index < -0.39 is 0 Å². The Morgan fingerprint density at radius 1 is 1.33 bits per heavy atom. The zero-order chi connectivity index (χ0) is 14.8. The van der Waals surface area contributed by atoms with Gasteiger partial charge < -0.3 is 10.4 Å². The van der Waals surface area contributed by atoms with Crippen LogP contribution >= 0.6 is 11.3 Å². The lowest BCUT2D eigenvalue weighted by Crippen LogP contribution is -2.30. The van der Waals surface area contributed by atoms with E-state index in [4.69, 9.17) is 0 Å². The van der Waals surface area contributed by atoms with Crippen LogP contribution in [0.5, 0.6) is 0 Å². The molecule has 6 heteroatoms. The van der Waals surface area contributed by atoms with E-state index in [9.17, 15) is 5.11 Å². The molecule has 2 N–H and O–H groups in total. The van der Waals surface area contributed by atoms with Gasteiger partial charge >= 0.3 is 0 Å². The maximum absolute atomic E-state index is 9.43. The standard InChI is InChI=1S/C15H18N4OS/c1-10(2)12(8-20)17-14-3-4-15-16-7-13(19(15)18-14)11-5-6-21-9-11/h3-7,9-10,12,20H,8H2,1-2H3,(H,17,18)/t12-/m1/s1. The van der Waals surface area contributed by atoms with Crippen LogP contribution in [0, 0.1) is 5.92 Å². The van der Waals surface area contributed by atoms with Crippen molar-refractivity contribution in [2.45, 2.75) is 19.9 Å². The highest BCUT2D eigenvalue weighted by Crippen LogP contribution is 2.23. The molecule has 0 bridgehead atoms. The van der Waals surface area contributed by atoms with Crippen molar-refractivity contribution in [3.05, 3.63) is 35.2 Å². The van der Waals surface area contributed by atoms with Crippen LogP contribution in [0.25, 0.3) is 16.9 Å². The summed E-state index contributed by atoms with van der Waals surface area (Å²) in [4.78, 5) is 4.38. The van der Waals surface area contributed by atoms with Gasteiger partial charge in [0.2, 0.25) is 0 Å². The number of aromatic nitrogens is 3. The molecule has 0 aliphatic rings. The van der Waals surface area contributed by atoms with Gasteiger partial charge in [-0.15, -0.1) is 5.10 Å². The third-order valence-corrected chi connectivity index (χ3v) is 4.20. The van der Waals surface area contributed by atoms with E-state index in [2.05, 4.69) is 40.7 Å². The molecule has 0 saturated heterocycles. The molecule has 0 fully saturated rings. The van der Waals surface area contributed by atoms with Crippen molar-refractivity contribution in [2.75, 3.05) is 11.9 Å². The smallest absolute Gasteiger partial charge is 0.154 e. The number of imidazole rings is 1. The van der Waals surface area contributed by atoms with Gasteiger partial charge in [0.05, 0.1) is 24.5 Å². The fourth-order valence-corrected chi connectivity index (χ4v) is 2.82. The molecule has 3 aromatic rings. The number of fused-ring (bicyclic) bond motifs is 1. The highest BCUT2D eigenvalue weighted by molar-refractivity contribution is 7.08. The lowest BCUT2D eigenvalue weighted by Gasteiger charge is -2.20. The van der Waals surface area contributed by atoms with Crippen LogP contribution in [-0.2, 0) is 0 Å². The number of aliphatic hydroxyl groups is 1. The quantitative estimate of drug-likeness (QED) is 0.761. The second-order valence-electron chi connectivity index (χ2n) is 5.32. The summed E-state index contributed by atoms with van der Waals surface area (Å²) < 4.78 is 1.83. The van der Waals surface area contributed by atoms with Crippen LogP contribution in [0.4, 0.5) is 5.82 Å². The minimum Gasteiger partial charge on any atom is -0.394 e. The van der Waals surface area contributed by atoms with E-state index >= 15 is 0 Å². The van der Waals surface area contributed by atoms with E-state index in [1.165, 1.54) is 0 Å². The summed E-state index contributed by atoms with van der Waals surface area (Å²) in [6.45, 7) is 4.22. The molecule has 1 atom stereocenters. The first-order valence-electron chi connectivity index (χ1n) is 6.94. The summed E-state index contributed by atoms with van der Waals surface area (Å²) >= 11 is 1.65. The number of hydrogen-bond donors (Lipinski definition) is 2. The van der Waals surface area contributed by atoms with E-state index in [1.807, 2.05) is 28.2 Å². The summed E-state index contributed by atoms with van der Waals surface area (Å²) in [5, 5.41) is 21.4. The first-order chi connectivity index (χ1) is 10.2. The molecule has 0 aromatic carbocycles. The second kappa shape index (κ2) is 5.83. The van der Waals surface area contributed by atoms with Crippen LogP contribution in [0.2, 0.25) is 0 Å². The third kappa shape index (κ3) is 2.77. The van der Waals surface area contributed by atoms with Gasteiger partial charge in [0.15, 0.2) is 5.65 Å². The largest absolute Gasteiger partial charge is 0.394 e. The molecule has 3 rings (SSSR count). The number of hydrogen-bond acceptors (Lipinski definition) is 5. The monoisotopic (exact) mass is 302 g/mol. The maximum Gasteiger partial charge on any atom is 0.154 e. The van der Waals surface area contributed by atoms with Crippen LogP contribution in [-0.4, -0.2) is 32.4 Å². The predicted molar refractivity (Wildman–Crippen MR) is 85.6 cm³/mol. The number of nitrogens with zero attached hydrogens (tertiary/aromatic N) is 3. The van der Waals surface area contributed by atoms with E-state index in [0.717, 1.165) is 22.7 Å². The van der Waals surface area contributed by atoms with Gasteiger partial charge in [-0.2, -0.15) is 11.3 Å². The minimum absolute atomic E-state index is 0.0110. The molecule has 3 aromatic heterocycles. The Bertz CT molecular complexity index is 720. The van der Waals surface area contributed by atoms with Crippen molar-refractivity contribution in [1.82, 2.24) is 14.6 Å². The average Bonchev–Trinajstić information content (AvgIpc) is 3.12. The van der Waals surface area contributed by atoms with Gasteiger partial charge in [-0.05, 0) is 29.5 Å². The van der Waals surface area contributed by atoms with Crippen molar-refractivity contribution in [1.29, 1.82) is 0 Å². The molecule has 110 valence electrons. The molecular weight excluding hydrogens is 284 g/mol. The molecule has 0 saturated carbocycles. The van der Waals surface area contributed by atoms with Crippen LogP contribution in [0.15, 0.2) is 35.2 Å². The van der Waals surface area contributed by atoms with E-state index in [-0.39, 0.29) is 12.6 Å². The predicted octanol–water partition coefficient (Wildman–Crippen LogP) is 2.89. The van der Waals surface area contributed by atoms with Crippen molar-refractivity contribution in [2.24, 2.45) is 5.92 Å². The number of anilines is 1. The Morgan fingerprint density at radius 3 is 2.86 bits per heavy atom. The molecule has 0 spiro atoms. The summed E-state index contributed by atoms with van der Waals surface area (Å²) in [6.07, 6.45) is 1.83. The minimum atomic E-state index is -0.0110. The zero-order valence-corrected chi connectivity index (χ0v) is 12.8. The first-order valence-corrected chi connectivity index (χ1v) is 7.88. The van der Waals surface area contributed by atoms with Gasteiger partial charge in [0, 0.05) is 10.9 Å². The van der Waals surface area contributed by atoms with Crippen molar-refractivity contribution < 1.29 is 5.11 Å². The molecular formula is C15H18N4OS. The summed E-state index contributed by atoms with van der Waals surface area (Å²) in [6, 6.07) is 5.87. The van der Waals surface area contributed by atoms with Crippen LogP contribution in [0.1, 0.15) is 13.8 Å². The molecule has 5 nitrogen and oxygen atoms in total. The lowest BCUT2D eigenvalue weighted by molar-refractivity contribution is 0.249. The topological polar surface area (TPSA) is 62.5 Å². The van der Waals surface area contributed by atoms with Gasteiger partial charge in [-0.25, -0.2) is 9.50 Å². The second-order valence-corrected chi connectivity index (χ2v) is 6.10. The molecule has 21 heavy (non-hydrogen) atoms.